The maximum Gasteiger partial charge on any atom is 0.224 e. The predicted octanol–water partition coefficient (Wildman–Crippen LogP) is 2.46. The summed E-state index contributed by atoms with van der Waals surface area (Å²) in [4.78, 5) is 25.7. The summed E-state index contributed by atoms with van der Waals surface area (Å²) in [6.07, 6.45) is 1.45. The lowest BCUT2D eigenvalue weighted by Gasteiger charge is -2.27. The van der Waals surface area contributed by atoms with Crippen LogP contribution in [-0.4, -0.2) is 41.9 Å². The highest BCUT2D eigenvalue weighted by Crippen LogP contribution is 2.24. The molecule has 0 unspecified atom stereocenters. The maximum atomic E-state index is 12.4. The van der Waals surface area contributed by atoms with Gasteiger partial charge in [-0.15, -0.1) is 22.7 Å². The minimum absolute atomic E-state index is 0.193. The van der Waals surface area contributed by atoms with Crippen LogP contribution in [0.25, 0.3) is 0 Å². The van der Waals surface area contributed by atoms with Crippen molar-refractivity contribution in [3.8, 4) is 0 Å². The van der Waals surface area contributed by atoms with Crippen LogP contribution in [0.4, 0.5) is 0 Å². The highest BCUT2D eigenvalue weighted by molar-refractivity contribution is 7.11. The number of carbonyl (C=O) groups is 1. The lowest BCUT2D eigenvalue weighted by molar-refractivity contribution is -0.131. The first-order valence-corrected chi connectivity index (χ1v) is 10.5. The van der Waals surface area contributed by atoms with Crippen LogP contribution < -0.4 is 10.6 Å². The first-order valence-electron chi connectivity index (χ1n) is 8.77. The average molecular weight is 392 g/mol. The van der Waals surface area contributed by atoms with E-state index in [1.165, 1.54) is 15.3 Å². The zero-order valence-electron chi connectivity index (χ0n) is 15.5. The largest absolute Gasteiger partial charge is 0.356 e. The van der Waals surface area contributed by atoms with Crippen LogP contribution in [0.2, 0.25) is 0 Å². The quantitative estimate of drug-likeness (QED) is 0.607. The van der Waals surface area contributed by atoms with Gasteiger partial charge in [0.2, 0.25) is 5.91 Å². The van der Waals surface area contributed by atoms with Gasteiger partial charge in [-0.3, -0.25) is 9.79 Å². The lowest BCUT2D eigenvalue weighted by Crippen LogP contribution is -2.40. The maximum absolute atomic E-state index is 12.4. The van der Waals surface area contributed by atoms with Gasteiger partial charge in [-0.25, -0.2) is 4.98 Å². The number of thiophene rings is 1. The highest BCUT2D eigenvalue weighted by atomic mass is 32.1. The Labute approximate surface area is 162 Å². The number of rotatable bonds is 5. The van der Waals surface area contributed by atoms with Gasteiger partial charge in [0.05, 0.1) is 17.2 Å². The Morgan fingerprint density at radius 2 is 2.23 bits per heavy atom. The molecule has 1 amide bonds. The summed E-state index contributed by atoms with van der Waals surface area (Å²) in [5, 5.41) is 9.70. The van der Waals surface area contributed by atoms with Crippen LogP contribution in [-0.2, 0) is 24.3 Å². The van der Waals surface area contributed by atoms with E-state index in [1.807, 2.05) is 18.7 Å². The molecule has 2 N–H and O–H groups in total. The molecule has 26 heavy (non-hydrogen) atoms. The monoisotopic (exact) mass is 391 g/mol. The Balaban J connectivity index is 1.41. The zero-order valence-corrected chi connectivity index (χ0v) is 17.1. The third-order valence-corrected chi connectivity index (χ3v) is 6.53. The standard InChI is InChI=1S/C18H25N5OS2/c1-12-16(26-13(2)22-12)10-21-18(19-3)20-7-4-17(24)23-8-5-15-14(11-23)6-9-25-15/h6,9H,4-5,7-8,10-11H2,1-3H3,(H2,19,20,21). The third kappa shape index (κ3) is 4.62. The van der Waals surface area contributed by atoms with Crippen molar-refractivity contribution in [2.24, 2.45) is 4.99 Å². The van der Waals surface area contributed by atoms with Gasteiger partial charge in [0, 0.05) is 42.9 Å². The normalized spacial score (nSPS) is 14.3. The number of guanidine groups is 1. The van der Waals surface area contributed by atoms with Crippen molar-refractivity contribution in [1.82, 2.24) is 20.5 Å². The molecule has 0 saturated carbocycles. The Kier molecular flexibility index (Phi) is 6.26. The summed E-state index contributed by atoms with van der Waals surface area (Å²) < 4.78 is 0. The van der Waals surface area contributed by atoms with E-state index in [0.29, 0.717) is 25.5 Å². The number of aryl methyl sites for hydroxylation is 2. The molecule has 0 fully saturated rings. The van der Waals surface area contributed by atoms with Crippen molar-refractivity contribution in [2.75, 3.05) is 20.1 Å². The molecule has 0 atom stereocenters. The van der Waals surface area contributed by atoms with Crippen molar-refractivity contribution in [2.45, 2.75) is 39.8 Å². The van der Waals surface area contributed by atoms with Crippen molar-refractivity contribution in [3.05, 3.63) is 37.5 Å². The van der Waals surface area contributed by atoms with Crippen molar-refractivity contribution in [3.63, 3.8) is 0 Å². The number of hydrogen-bond donors (Lipinski definition) is 2. The summed E-state index contributed by atoms with van der Waals surface area (Å²) >= 11 is 3.49. The number of carbonyl (C=O) groups excluding carboxylic acids is 1. The number of thiazole rings is 1. The Morgan fingerprint density at radius 1 is 1.38 bits per heavy atom. The summed E-state index contributed by atoms with van der Waals surface area (Å²) in [5.74, 6) is 0.903. The molecule has 0 aromatic carbocycles. The van der Waals surface area contributed by atoms with Gasteiger partial charge < -0.3 is 15.5 Å². The summed E-state index contributed by atoms with van der Waals surface area (Å²) in [6.45, 7) is 6.87. The van der Waals surface area contributed by atoms with Crippen LogP contribution in [0.3, 0.4) is 0 Å². The van der Waals surface area contributed by atoms with E-state index in [-0.39, 0.29) is 5.91 Å². The average Bonchev–Trinajstić information content (AvgIpc) is 3.22. The number of aliphatic imine (C=N–C) groups is 1. The van der Waals surface area contributed by atoms with E-state index in [4.69, 9.17) is 0 Å². The number of fused-ring (bicyclic) bond motifs is 1. The summed E-state index contributed by atoms with van der Waals surface area (Å²) in [6, 6.07) is 2.13. The van der Waals surface area contributed by atoms with E-state index < -0.39 is 0 Å². The molecule has 3 rings (SSSR count). The predicted molar refractivity (Wildman–Crippen MR) is 108 cm³/mol. The topological polar surface area (TPSA) is 69.6 Å². The van der Waals surface area contributed by atoms with E-state index in [1.54, 1.807) is 29.7 Å². The number of nitrogens with zero attached hydrogens (tertiary/aromatic N) is 3. The molecular weight excluding hydrogens is 366 g/mol. The van der Waals surface area contributed by atoms with Gasteiger partial charge in [-0.05, 0) is 37.3 Å². The minimum atomic E-state index is 0.193. The van der Waals surface area contributed by atoms with Crippen molar-refractivity contribution < 1.29 is 4.79 Å². The first-order chi connectivity index (χ1) is 12.6. The highest BCUT2D eigenvalue weighted by Gasteiger charge is 2.21. The number of hydrogen-bond acceptors (Lipinski definition) is 5. The molecule has 0 aliphatic carbocycles. The fourth-order valence-electron chi connectivity index (χ4n) is 3.03. The first kappa shape index (κ1) is 18.8. The van der Waals surface area contributed by atoms with Gasteiger partial charge >= 0.3 is 0 Å². The lowest BCUT2D eigenvalue weighted by atomic mass is 10.1. The van der Waals surface area contributed by atoms with Crippen LogP contribution in [0.15, 0.2) is 16.4 Å². The van der Waals surface area contributed by atoms with Crippen molar-refractivity contribution >= 4 is 34.5 Å². The van der Waals surface area contributed by atoms with Gasteiger partial charge in [0.25, 0.3) is 0 Å². The number of amides is 1. The van der Waals surface area contributed by atoms with E-state index in [2.05, 4.69) is 32.1 Å². The van der Waals surface area contributed by atoms with Crippen molar-refractivity contribution in [1.29, 1.82) is 0 Å². The molecule has 0 spiro atoms. The van der Waals surface area contributed by atoms with Gasteiger partial charge in [0.1, 0.15) is 0 Å². The summed E-state index contributed by atoms with van der Waals surface area (Å²) in [7, 11) is 1.74. The van der Waals surface area contributed by atoms with Crippen LogP contribution >= 0.6 is 22.7 Å². The Bertz CT molecular complexity index is 795. The number of aromatic nitrogens is 1. The van der Waals surface area contributed by atoms with Gasteiger partial charge in [-0.1, -0.05) is 0 Å². The molecule has 1 aliphatic rings. The Morgan fingerprint density at radius 3 is 2.96 bits per heavy atom. The van der Waals surface area contributed by atoms with Crippen LogP contribution in [0.1, 0.15) is 32.4 Å². The molecule has 0 radical (unpaired) electrons. The second kappa shape index (κ2) is 8.64. The summed E-state index contributed by atoms with van der Waals surface area (Å²) in [5.41, 5.74) is 2.36. The second-order valence-corrected chi connectivity index (χ2v) is 8.57. The molecule has 0 saturated heterocycles. The molecule has 1 aliphatic heterocycles. The molecule has 8 heteroatoms. The molecular formula is C18H25N5OS2. The van der Waals surface area contributed by atoms with Gasteiger partial charge in [0.15, 0.2) is 5.96 Å². The zero-order chi connectivity index (χ0) is 18.5. The van der Waals surface area contributed by atoms with E-state index in [0.717, 1.165) is 30.2 Å². The molecule has 140 valence electrons. The fraction of sp³-hybridized carbons (Fsp3) is 0.500. The minimum Gasteiger partial charge on any atom is -0.356 e. The molecule has 6 nitrogen and oxygen atoms in total. The molecule has 0 bridgehead atoms. The molecule has 2 aromatic rings. The smallest absolute Gasteiger partial charge is 0.224 e. The SMILES string of the molecule is CN=C(NCCC(=O)N1CCc2sccc2C1)NCc1sc(C)nc1C. The number of nitrogens with one attached hydrogen (secondary N) is 2. The molecule has 3 heterocycles. The Hall–Kier alpha value is -1.93. The second-order valence-electron chi connectivity index (χ2n) is 6.28. The fourth-order valence-corrected chi connectivity index (χ4v) is 4.80. The van der Waals surface area contributed by atoms with Gasteiger partial charge in [-0.2, -0.15) is 0 Å². The van der Waals surface area contributed by atoms with E-state index >= 15 is 0 Å². The van der Waals surface area contributed by atoms with Crippen LogP contribution in [0.5, 0.6) is 0 Å². The van der Waals surface area contributed by atoms with Crippen LogP contribution in [0, 0.1) is 13.8 Å². The van der Waals surface area contributed by atoms with E-state index in [9.17, 15) is 4.79 Å². The molecule has 2 aromatic heterocycles. The third-order valence-electron chi connectivity index (χ3n) is 4.43.